The lowest BCUT2D eigenvalue weighted by Crippen LogP contribution is -2.51. The van der Waals surface area contributed by atoms with E-state index in [4.69, 9.17) is 14.5 Å². The first-order chi connectivity index (χ1) is 14.7. The van der Waals surface area contributed by atoms with Crippen LogP contribution >= 0.6 is 0 Å². The van der Waals surface area contributed by atoms with Crippen LogP contribution in [0, 0.1) is 0 Å². The van der Waals surface area contributed by atoms with Gasteiger partial charge in [0.1, 0.15) is 18.2 Å². The molecule has 0 radical (unpaired) electrons. The van der Waals surface area contributed by atoms with E-state index in [1.54, 1.807) is 31.0 Å². The van der Waals surface area contributed by atoms with Gasteiger partial charge < -0.3 is 14.4 Å². The first-order valence-electron chi connectivity index (χ1n) is 10.0. The lowest BCUT2D eigenvalue weighted by atomic mass is 9.84. The van der Waals surface area contributed by atoms with Crippen molar-refractivity contribution in [2.45, 2.75) is 25.0 Å². The van der Waals surface area contributed by atoms with E-state index < -0.39 is 0 Å². The predicted octanol–water partition coefficient (Wildman–Crippen LogP) is 2.14. The molecule has 2 atom stereocenters. The van der Waals surface area contributed by atoms with Crippen LogP contribution in [0.15, 0.2) is 47.7 Å². The maximum Gasteiger partial charge on any atom is 0.255 e. The fourth-order valence-electron chi connectivity index (χ4n) is 4.44. The summed E-state index contributed by atoms with van der Waals surface area (Å²) >= 11 is 0. The molecule has 3 heterocycles. The van der Waals surface area contributed by atoms with Crippen LogP contribution in [0.3, 0.4) is 0 Å². The van der Waals surface area contributed by atoms with Gasteiger partial charge in [-0.25, -0.2) is 15.0 Å². The van der Waals surface area contributed by atoms with Gasteiger partial charge in [-0.1, -0.05) is 6.07 Å². The molecule has 0 N–H and O–H groups in total. The van der Waals surface area contributed by atoms with Crippen molar-refractivity contribution in [2.75, 3.05) is 25.2 Å². The third kappa shape index (κ3) is 3.13. The minimum Gasteiger partial charge on any atom is -0.497 e. The molecule has 2 aromatic heterocycles. The van der Waals surface area contributed by atoms with Crippen LogP contribution in [0.5, 0.6) is 5.75 Å². The zero-order valence-corrected chi connectivity index (χ0v) is 17.0. The quantitative estimate of drug-likeness (QED) is 0.660. The molecule has 8 nitrogen and oxygen atoms in total. The van der Waals surface area contributed by atoms with Gasteiger partial charge in [0.2, 0.25) is 5.95 Å². The number of benzene rings is 1. The fraction of sp³-hybridized carbons (Fsp3) is 0.364. The van der Waals surface area contributed by atoms with E-state index in [-0.39, 0.29) is 17.7 Å². The molecular formula is C22H23N5O3. The molecule has 1 aliphatic heterocycles. The predicted molar refractivity (Wildman–Crippen MR) is 112 cm³/mol. The van der Waals surface area contributed by atoms with E-state index in [1.165, 1.54) is 23.5 Å². The number of anilines is 1. The summed E-state index contributed by atoms with van der Waals surface area (Å²) < 4.78 is 13.2. The molecule has 1 fully saturated rings. The number of rotatable bonds is 3. The van der Waals surface area contributed by atoms with Crippen molar-refractivity contribution in [3.8, 4) is 17.1 Å². The topological polar surface area (TPSA) is 82.4 Å². The van der Waals surface area contributed by atoms with Crippen LogP contribution in [0.4, 0.5) is 5.95 Å². The number of hydrogen-bond donors (Lipinski definition) is 0. The van der Waals surface area contributed by atoms with Gasteiger partial charge >= 0.3 is 0 Å². The van der Waals surface area contributed by atoms with E-state index in [0.717, 1.165) is 18.6 Å². The molecule has 1 saturated heterocycles. The lowest BCUT2D eigenvalue weighted by molar-refractivity contribution is 0.00172. The number of nitrogens with zero attached hydrogens (tertiary/aromatic N) is 5. The van der Waals surface area contributed by atoms with Crippen molar-refractivity contribution in [2.24, 2.45) is 7.05 Å². The number of morpholine rings is 1. The molecule has 154 valence electrons. The number of aryl methyl sites for hydroxylation is 1. The molecule has 8 heteroatoms. The number of aromatic nitrogens is 4. The van der Waals surface area contributed by atoms with E-state index >= 15 is 0 Å². The standard InChI is InChI=1S/C22H23N5O3/c1-26-20(28)12-18(17-7-8-23-13-24-17)25-22(26)27-9-10-30-21-16-5-4-15(29-2)11-14(16)3-6-19(21)27/h4-5,7-8,11-13,19,21H,3,6,9-10H2,1-2H3/t19-,21-/m0/s1. The molecule has 1 aromatic carbocycles. The summed E-state index contributed by atoms with van der Waals surface area (Å²) in [4.78, 5) is 28.0. The van der Waals surface area contributed by atoms with Crippen molar-refractivity contribution in [3.63, 3.8) is 0 Å². The van der Waals surface area contributed by atoms with Gasteiger partial charge in [-0.05, 0) is 42.2 Å². The van der Waals surface area contributed by atoms with Crippen molar-refractivity contribution in [1.82, 2.24) is 19.5 Å². The second-order valence-electron chi connectivity index (χ2n) is 7.59. The van der Waals surface area contributed by atoms with Crippen molar-refractivity contribution in [3.05, 3.63) is 64.3 Å². The van der Waals surface area contributed by atoms with Crippen LogP contribution in [-0.4, -0.2) is 45.8 Å². The Morgan fingerprint density at radius 1 is 1.20 bits per heavy atom. The van der Waals surface area contributed by atoms with Gasteiger partial charge in [0, 0.05) is 25.9 Å². The molecule has 3 aromatic rings. The van der Waals surface area contributed by atoms with Gasteiger partial charge in [0.05, 0.1) is 31.1 Å². The van der Waals surface area contributed by atoms with E-state index in [1.807, 2.05) is 6.07 Å². The summed E-state index contributed by atoms with van der Waals surface area (Å²) in [7, 11) is 3.45. The highest BCUT2D eigenvalue weighted by Crippen LogP contribution is 2.40. The molecule has 1 aliphatic carbocycles. The normalized spacial score (nSPS) is 20.4. The smallest absolute Gasteiger partial charge is 0.255 e. The van der Waals surface area contributed by atoms with Crippen LogP contribution in [0.2, 0.25) is 0 Å². The number of hydrogen-bond acceptors (Lipinski definition) is 7. The van der Waals surface area contributed by atoms with Gasteiger partial charge in [0.15, 0.2) is 0 Å². The minimum atomic E-state index is -0.113. The largest absolute Gasteiger partial charge is 0.497 e. The highest BCUT2D eigenvalue weighted by molar-refractivity contribution is 5.55. The molecule has 30 heavy (non-hydrogen) atoms. The Morgan fingerprint density at radius 2 is 2.10 bits per heavy atom. The number of fused-ring (bicyclic) bond motifs is 3. The monoisotopic (exact) mass is 405 g/mol. The average Bonchev–Trinajstić information content (AvgIpc) is 2.80. The number of methoxy groups -OCH3 is 1. The summed E-state index contributed by atoms with van der Waals surface area (Å²) in [5.41, 5.74) is 3.52. The molecule has 0 saturated carbocycles. The zero-order valence-electron chi connectivity index (χ0n) is 17.0. The average molecular weight is 405 g/mol. The van der Waals surface area contributed by atoms with Crippen molar-refractivity contribution < 1.29 is 9.47 Å². The zero-order chi connectivity index (χ0) is 20.7. The van der Waals surface area contributed by atoms with Crippen LogP contribution < -0.4 is 15.2 Å². The first-order valence-corrected chi connectivity index (χ1v) is 10.0. The first kappa shape index (κ1) is 18.7. The molecular weight excluding hydrogens is 382 g/mol. The molecule has 5 rings (SSSR count). The summed E-state index contributed by atoms with van der Waals surface area (Å²) in [5, 5.41) is 0. The van der Waals surface area contributed by atoms with Gasteiger partial charge in [-0.3, -0.25) is 9.36 Å². The number of ether oxygens (including phenoxy) is 2. The van der Waals surface area contributed by atoms with E-state index in [2.05, 4.69) is 27.0 Å². The third-order valence-corrected chi connectivity index (χ3v) is 5.96. The van der Waals surface area contributed by atoms with E-state index in [9.17, 15) is 4.79 Å². The molecule has 0 amide bonds. The Morgan fingerprint density at radius 3 is 2.90 bits per heavy atom. The lowest BCUT2D eigenvalue weighted by Gasteiger charge is -2.45. The Hall–Kier alpha value is -3.26. The van der Waals surface area contributed by atoms with Crippen LogP contribution in [-0.2, 0) is 18.2 Å². The third-order valence-electron chi connectivity index (χ3n) is 5.96. The summed E-state index contributed by atoms with van der Waals surface area (Å²) in [6.45, 7) is 1.25. The highest BCUT2D eigenvalue weighted by Gasteiger charge is 2.39. The Labute approximate surface area is 174 Å². The second-order valence-corrected chi connectivity index (χ2v) is 7.59. The van der Waals surface area contributed by atoms with Gasteiger partial charge in [0.25, 0.3) is 5.56 Å². The van der Waals surface area contributed by atoms with Gasteiger partial charge in [-0.15, -0.1) is 0 Å². The van der Waals surface area contributed by atoms with Crippen LogP contribution in [0.1, 0.15) is 23.7 Å². The summed E-state index contributed by atoms with van der Waals surface area (Å²) in [6, 6.07) is 9.56. The highest BCUT2D eigenvalue weighted by atomic mass is 16.5. The fourth-order valence-corrected chi connectivity index (χ4v) is 4.44. The summed E-state index contributed by atoms with van der Waals surface area (Å²) in [5.74, 6) is 1.51. The van der Waals surface area contributed by atoms with Crippen molar-refractivity contribution >= 4 is 5.95 Å². The van der Waals surface area contributed by atoms with Crippen LogP contribution in [0.25, 0.3) is 11.4 Å². The SMILES string of the molecule is COc1ccc2c(c1)CC[C@H]1[C@H]2OCCN1c1nc(-c2ccncn2)cc(=O)n1C. The molecule has 0 unspecified atom stereocenters. The van der Waals surface area contributed by atoms with Crippen molar-refractivity contribution in [1.29, 1.82) is 0 Å². The molecule has 0 bridgehead atoms. The minimum absolute atomic E-state index is 0.0620. The Balaban J connectivity index is 1.55. The second kappa shape index (κ2) is 7.53. The Kier molecular flexibility index (Phi) is 4.71. The molecule has 0 spiro atoms. The maximum atomic E-state index is 12.7. The summed E-state index contributed by atoms with van der Waals surface area (Å²) in [6.07, 6.45) is 4.89. The van der Waals surface area contributed by atoms with E-state index in [0.29, 0.717) is 30.5 Å². The Bertz CT molecular complexity index is 1130. The molecule has 2 aliphatic rings. The maximum absolute atomic E-state index is 12.7. The van der Waals surface area contributed by atoms with Gasteiger partial charge in [-0.2, -0.15) is 0 Å².